The van der Waals surface area contributed by atoms with Crippen LogP contribution in [0.5, 0.6) is 5.88 Å². The van der Waals surface area contributed by atoms with E-state index in [9.17, 15) is 0 Å². The second-order valence-corrected chi connectivity index (χ2v) is 4.65. The Morgan fingerprint density at radius 3 is 3.12 bits per heavy atom. The van der Waals surface area contributed by atoms with Gasteiger partial charge < -0.3 is 4.74 Å². The third kappa shape index (κ3) is 2.78. The van der Waals surface area contributed by atoms with Gasteiger partial charge in [-0.15, -0.1) is 0 Å². The van der Waals surface area contributed by atoms with Crippen LogP contribution in [0.15, 0.2) is 18.3 Å². The van der Waals surface area contributed by atoms with Crippen LogP contribution in [-0.4, -0.2) is 30.1 Å². The lowest BCUT2D eigenvalue weighted by atomic mass is 9.96. The summed E-state index contributed by atoms with van der Waals surface area (Å²) in [7, 11) is 1.71. The fourth-order valence-electron chi connectivity index (χ4n) is 2.73. The summed E-state index contributed by atoms with van der Waals surface area (Å²) >= 11 is 0. The normalized spacial score (nSPS) is 21.4. The van der Waals surface area contributed by atoms with Gasteiger partial charge in [0, 0.05) is 17.8 Å². The maximum Gasteiger partial charge on any atom is 0.217 e. The molecule has 0 spiro atoms. The number of methoxy groups -OCH3 is 1. The molecule has 3 heteroatoms. The van der Waals surface area contributed by atoms with Crippen molar-refractivity contribution >= 4 is 0 Å². The Kier molecular flexibility index (Phi) is 4.37. The molecule has 2 rings (SSSR count). The fourth-order valence-corrected chi connectivity index (χ4v) is 2.73. The first-order valence-corrected chi connectivity index (χ1v) is 6.59. The first kappa shape index (κ1) is 12.4. The van der Waals surface area contributed by atoms with Crippen LogP contribution in [0.25, 0.3) is 0 Å². The fraction of sp³-hybridized carbons (Fsp3) is 0.643. The maximum absolute atomic E-state index is 5.39. The van der Waals surface area contributed by atoms with E-state index in [0.29, 0.717) is 6.04 Å². The summed E-state index contributed by atoms with van der Waals surface area (Å²) in [5.41, 5.74) is 1.25. The largest absolute Gasteiger partial charge is 0.481 e. The standard InChI is InChI=1S/C14H22N2O/c1-3-10-16-11-5-4-8-13(16)12-7-6-9-15-14(12)17-2/h6-7,9,13H,3-5,8,10-11H2,1-2H3. The molecule has 0 radical (unpaired) electrons. The van der Waals surface area contributed by atoms with Gasteiger partial charge in [-0.2, -0.15) is 0 Å². The van der Waals surface area contributed by atoms with E-state index in [4.69, 9.17) is 4.74 Å². The number of hydrogen-bond acceptors (Lipinski definition) is 3. The van der Waals surface area contributed by atoms with Gasteiger partial charge in [-0.1, -0.05) is 19.4 Å². The molecule has 1 unspecified atom stereocenters. The molecule has 1 aliphatic heterocycles. The van der Waals surface area contributed by atoms with Gasteiger partial charge in [0.25, 0.3) is 0 Å². The molecule has 1 aromatic heterocycles. The molecular formula is C14H22N2O. The first-order valence-electron chi connectivity index (χ1n) is 6.59. The van der Waals surface area contributed by atoms with Gasteiger partial charge >= 0.3 is 0 Å². The van der Waals surface area contributed by atoms with Crippen molar-refractivity contribution in [1.82, 2.24) is 9.88 Å². The van der Waals surface area contributed by atoms with Crippen molar-refractivity contribution in [2.75, 3.05) is 20.2 Å². The predicted molar refractivity (Wildman–Crippen MR) is 69.2 cm³/mol. The molecule has 0 N–H and O–H groups in total. The highest BCUT2D eigenvalue weighted by Crippen LogP contribution is 2.34. The third-order valence-corrected chi connectivity index (χ3v) is 3.48. The number of hydrogen-bond donors (Lipinski definition) is 0. The minimum absolute atomic E-state index is 0.493. The van der Waals surface area contributed by atoms with E-state index >= 15 is 0 Å². The van der Waals surface area contributed by atoms with Crippen LogP contribution in [0.1, 0.15) is 44.2 Å². The van der Waals surface area contributed by atoms with Gasteiger partial charge in [0.2, 0.25) is 5.88 Å². The van der Waals surface area contributed by atoms with E-state index in [2.05, 4.69) is 22.9 Å². The second kappa shape index (κ2) is 6.01. The van der Waals surface area contributed by atoms with Gasteiger partial charge in [0.15, 0.2) is 0 Å². The molecule has 0 bridgehead atoms. The molecule has 0 saturated carbocycles. The summed E-state index contributed by atoms with van der Waals surface area (Å²) in [5, 5.41) is 0. The molecule has 1 atom stereocenters. The second-order valence-electron chi connectivity index (χ2n) is 4.65. The Hall–Kier alpha value is -1.09. The molecular weight excluding hydrogens is 212 g/mol. The van der Waals surface area contributed by atoms with Crippen LogP contribution < -0.4 is 4.74 Å². The van der Waals surface area contributed by atoms with Crippen molar-refractivity contribution in [3.8, 4) is 5.88 Å². The minimum atomic E-state index is 0.493. The summed E-state index contributed by atoms with van der Waals surface area (Å²) in [5.74, 6) is 0.792. The van der Waals surface area contributed by atoms with Crippen molar-refractivity contribution in [2.45, 2.75) is 38.6 Å². The number of ether oxygens (including phenoxy) is 1. The molecule has 17 heavy (non-hydrogen) atoms. The van der Waals surface area contributed by atoms with E-state index in [-0.39, 0.29) is 0 Å². The van der Waals surface area contributed by atoms with E-state index in [1.807, 2.05) is 6.07 Å². The Morgan fingerprint density at radius 2 is 2.35 bits per heavy atom. The van der Waals surface area contributed by atoms with Crippen LogP contribution in [-0.2, 0) is 0 Å². The Morgan fingerprint density at radius 1 is 1.47 bits per heavy atom. The van der Waals surface area contributed by atoms with Crippen molar-refractivity contribution in [3.05, 3.63) is 23.9 Å². The number of nitrogens with zero attached hydrogens (tertiary/aromatic N) is 2. The smallest absolute Gasteiger partial charge is 0.217 e. The Balaban J connectivity index is 2.22. The zero-order valence-electron chi connectivity index (χ0n) is 10.9. The van der Waals surface area contributed by atoms with Crippen LogP contribution in [0.2, 0.25) is 0 Å². The highest BCUT2D eigenvalue weighted by Gasteiger charge is 2.25. The van der Waals surface area contributed by atoms with Crippen LogP contribution in [0.4, 0.5) is 0 Å². The highest BCUT2D eigenvalue weighted by atomic mass is 16.5. The monoisotopic (exact) mass is 234 g/mol. The summed E-state index contributed by atoms with van der Waals surface area (Å²) < 4.78 is 5.39. The number of rotatable bonds is 4. The Bertz CT molecular complexity index is 352. The van der Waals surface area contributed by atoms with Crippen molar-refractivity contribution < 1.29 is 4.74 Å². The highest BCUT2D eigenvalue weighted by molar-refractivity contribution is 5.29. The number of aromatic nitrogens is 1. The minimum Gasteiger partial charge on any atom is -0.481 e. The number of pyridine rings is 1. The van der Waals surface area contributed by atoms with Crippen molar-refractivity contribution in [2.24, 2.45) is 0 Å². The molecule has 1 aromatic rings. The topological polar surface area (TPSA) is 25.4 Å². The molecule has 1 aliphatic rings. The van der Waals surface area contributed by atoms with Gasteiger partial charge in [0.1, 0.15) is 0 Å². The third-order valence-electron chi connectivity index (χ3n) is 3.48. The molecule has 0 amide bonds. The average molecular weight is 234 g/mol. The maximum atomic E-state index is 5.39. The molecule has 2 heterocycles. The lowest BCUT2D eigenvalue weighted by molar-refractivity contribution is 0.145. The average Bonchev–Trinajstić information content (AvgIpc) is 2.40. The molecule has 3 nitrogen and oxygen atoms in total. The van der Waals surface area contributed by atoms with E-state index in [1.54, 1.807) is 13.3 Å². The summed E-state index contributed by atoms with van der Waals surface area (Å²) in [6, 6.07) is 4.66. The number of likely N-dealkylation sites (tertiary alicyclic amines) is 1. The quantitative estimate of drug-likeness (QED) is 0.800. The van der Waals surface area contributed by atoms with Gasteiger partial charge in [-0.3, -0.25) is 4.90 Å². The molecule has 0 aromatic carbocycles. The Labute approximate surface area is 104 Å². The molecule has 1 saturated heterocycles. The summed E-state index contributed by atoms with van der Waals surface area (Å²) in [6.07, 6.45) is 6.86. The SMILES string of the molecule is CCCN1CCCCC1c1cccnc1OC. The van der Waals surface area contributed by atoms with E-state index in [0.717, 1.165) is 5.88 Å². The van der Waals surface area contributed by atoms with Crippen LogP contribution in [0.3, 0.4) is 0 Å². The van der Waals surface area contributed by atoms with E-state index < -0.39 is 0 Å². The van der Waals surface area contributed by atoms with Gasteiger partial charge in [-0.05, 0) is 38.4 Å². The predicted octanol–water partition coefficient (Wildman–Crippen LogP) is 3.03. The van der Waals surface area contributed by atoms with Crippen LogP contribution in [0, 0.1) is 0 Å². The zero-order valence-corrected chi connectivity index (χ0v) is 10.9. The van der Waals surface area contributed by atoms with Gasteiger partial charge in [-0.25, -0.2) is 4.98 Å². The molecule has 1 fully saturated rings. The van der Waals surface area contributed by atoms with E-state index in [1.165, 1.54) is 44.3 Å². The summed E-state index contributed by atoms with van der Waals surface area (Å²) in [6.45, 7) is 4.62. The van der Waals surface area contributed by atoms with Crippen molar-refractivity contribution in [1.29, 1.82) is 0 Å². The first-order chi connectivity index (χ1) is 8.36. The van der Waals surface area contributed by atoms with Crippen LogP contribution >= 0.6 is 0 Å². The molecule has 94 valence electrons. The summed E-state index contributed by atoms with van der Waals surface area (Å²) in [4.78, 5) is 6.89. The lowest BCUT2D eigenvalue weighted by Crippen LogP contribution is -2.34. The van der Waals surface area contributed by atoms with Crippen molar-refractivity contribution in [3.63, 3.8) is 0 Å². The molecule has 0 aliphatic carbocycles. The number of piperidine rings is 1. The zero-order chi connectivity index (χ0) is 12.1. The lowest BCUT2D eigenvalue weighted by Gasteiger charge is -2.36. The van der Waals surface area contributed by atoms with Gasteiger partial charge in [0.05, 0.1) is 7.11 Å².